The zero-order chi connectivity index (χ0) is 7.84. The molecule has 0 bridgehead atoms. The molecule has 0 aromatic carbocycles. The Bertz CT molecular complexity index is 394. The molecule has 2 aromatic rings. The highest BCUT2D eigenvalue weighted by Crippen LogP contribution is 2.10. The van der Waals surface area contributed by atoms with E-state index in [0.29, 0.717) is 4.73 Å². The molecule has 0 aliphatic heterocycles. The molecule has 2 aromatic heterocycles. The first-order valence-corrected chi connectivity index (χ1v) is 3.87. The summed E-state index contributed by atoms with van der Waals surface area (Å²) < 4.78 is 2.33. The summed E-state index contributed by atoms with van der Waals surface area (Å²) in [5.41, 5.74) is 1.79. The van der Waals surface area contributed by atoms with E-state index < -0.39 is 0 Å². The normalized spacial score (nSPS) is 10.7. The minimum Gasteiger partial charge on any atom is -0.265 e. The van der Waals surface area contributed by atoms with Crippen LogP contribution < -0.4 is 0 Å². The second-order valence-corrected chi connectivity index (χ2v) is 2.89. The number of aryl methyl sites for hydroxylation is 1. The van der Waals surface area contributed by atoms with E-state index >= 15 is 0 Å². The smallest absolute Gasteiger partial charge is 0.197 e. The number of rotatable bonds is 0. The van der Waals surface area contributed by atoms with Crippen LogP contribution in [0.3, 0.4) is 0 Å². The molecule has 0 saturated carbocycles. The molecule has 0 aliphatic rings. The largest absolute Gasteiger partial charge is 0.265 e. The van der Waals surface area contributed by atoms with Crippen LogP contribution in [0, 0.1) is 0 Å². The third kappa shape index (κ3) is 1.01. The Labute approximate surface area is 71.4 Å². The zero-order valence-electron chi connectivity index (χ0n) is 5.82. The Hall–Kier alpha value is -0.970. The Morgan fingerprint density at radius 2 is 2.27 bits per heavy atom. The standard InChI is InChI=1S/C6H5BrN4/c1-11-5-3-8-6(7)10-4(5)2-9-11/h2-3H,1H3. The zero-order valence-corrected chi connectivity index (χ0v) is 7.41. The fourth-order valence-corrected chi connectivity index (χ4v) is 1.21. The quantitative estimate of drug-likeness (QED) is 0.616. The Morgan fingerprint density at radius 1 is 1.45 bits per heavy atom. The van der Waals surface area contributed by atoms with Crippen molar-refractivity contribution in [2.45, 2.75) is 0 Å². The van der Waals surface area contributed by atoms with Crippen molar-refractivity contribution in [3.63, 3.8) is 0 Å². The molecule has 0 radical (unpaired) electrons. The molecular formula is C6H5BrN4. The SMILES string of the molecule is Cn1ncc2nc(Br)ncc21. The van der Waals surface area contributed by atoms with Crippen molar-refractivity contribution < 1.29 is 0 Å². The first-order chi connectivity index (χ1) is 5.27. The number of hydrogen-bond donors (Lipinski definition) is 0. The number of hydrogen-bond acceptors (Lipinski definition) is 3. The fraction of sp³-hybridized carbons (Fsp3) is 0.167. The maximum absolute atomic E-state index is 4.12. The van der Waals surface area contributed by atoms with Gasteiger partial charge in [0, 0.05) is 7.05 Å². The van der Waals surface area contributed by atoms with Gasteiger partial charge in [-0.3, -0.25) is 4.68 Å². The Balaban J connectivity index is 2.86. The van der Waals surface area contributed by atoms with Crippen molar-refractivity contribution >= 4 is 27.0 Å². The highest BCUT2D eigenvalue weighted by atomic mass is 79.9. The molecule has 0 spiro atoms. The summed E-state index contributed by atoms with van der Waals surface area (Å²) in [7, 11) is 1.86. The molecule has 0 amide bonds. The topological polar surface area (TPSA) is 43.6 Å². The maximum atomic E-state index is 4.12. The highest BCUT2D eigenvalue weighted by Gasteiger charge is 2.00. The van der Waals surface area contributed by atoms with Crippen LogP contribution in [-0.2, 0) is 7.05 Å². The molecule has 0 fully saturated rings. The summed E-state index contributed by atoms with van der Waals surface area (Å²) >= 11 is 3.18. The van der Waals surface area contributed by atoms with Crippen LogP contribution in [0.4, 0.5) is 0 Å². The average Bonchev–Trinajstić information content (AvgIpc) is 2.32. The lowest BCUT2D eigenvalue weighted by Gasteiger charge is -1.91. The van der Waals surface area contributed by atoms with Gasteiger partial charge in [-0.25, -0.2) is 9.97 Å². The van der Waals surface area contributed by atoms with Gasteiger partial charge in [-0.1, -0.05) is 0 Å². The van der Waals surface area contributed by atoms with Gasteiger partial charge in [0.05, 0.1) is 12.4 Å². The molecule has 0 unspecified atom stereocenters. The monoisotopic (exact) mass is 212 g/mol. The minimum absolute atomic E-state index is 0.595. The molecule has 56 valence electrons. The van der Waals surface area contributed by atoms with Crippen LogP contribution in [0.1, 0.15) is 0 Å². The number of fused-ring (bicyclic) bond motifs is 1. The summed E-state index contributed by atoms with van der Waals surface area (Å²) in [6, 6.07) is 0. The van der Waals surface area contributed by atoms with Crippen LogP contribution in [0.2, 0.25) is 0 Å². The van der Waals surface area contributed by atoms with Gasteiger partial charge in [-0.15, -0.1) is 0 Å². The molecule has 2 rings (SSSR count). The molecule has 0 atom stereocenters. The Morgan fingerprint density at radius 3 is 3.09 bits per heavy atom. The fourth-order valence-electron chi connectivity index (χ4n) is 0.914. The predicted octanol–water partition coefficient (Wildman–Crippen LogP) is 1.13. The molecule has 11 heavy (non-hydrogen) atoms. The molecular weight excluding hydrogens is 208 g/mol. The summed E-state index contributed by atoms with van der Waals surface area (Å²) in [5, 5.41) is 4.03. The van der Waals surface area contributed by atoms with Crippen LogP contribution in [-0.4, -0.2) is 19.7 Å². The van der Waals surface area contributed by atoms with Gasteiger partial charge in [0.15, 0.2) is 4.73 Å². The van der Waals surface area contributed by atoms with E-state index in [0.717, 1.165) is 11.0 Å². The van der Waals surface area contributed by atoms with Crippen LogP contribution in [0.5, 0.6) is 0 Å². The molecule has 0 aliphatic carbocycles. The van der Waals surface area contributed by atoms with Gasteiger partial charge >= 0.3 is 0 Å². The lowest BCUT2D eigenvalue weighted by Crippen LogP contribution is -1.90. The first-order valence-electron chi connectivity index (χ1n) is 3.07. The van der Waals surface area contributed by atoms with Crippen LogP contribution >= 0.6 is 15.9 Å². The molecule has 0 saturated heterocycles. The highest BCUT2D eigenvalue weighted by molar-refractivity contribution is 9.10. The molecule has 5 heteroatoms. The van der Waals surface area contributed by atoms with E-state index in [1.807, 2.05) is 7.05 Å². The second-order valence-electron chi connectivity index (χ2n) is 2.18. The van der Waals surface area contributed by atoms with Crippen LogP contribution in [0.15, 0.2) is 17.1 Å². The third-order valence-electron chi connectivity index (χ3n) is 1.47. The van der Waals surface area contributed by atoms with Gasteiger partial charge in [0.2, 0.25) is 0 Å². The third-order valence-corrected chi connectivity index (χ3v) is 1.85. The van der Waals surface area contributed by atoms with E-state index in [1.54, 1.807) is 17.1 Å². The molecule has 2 heterocycles. The predicted molar refractivity (Wildman–Crippen MR) is 44.0 cm³/mol. The van der Waals surface area contributed by atoms with Gasteiger partial charge in [-0.2, -0.15) is 5.10 Å². The van der Waals surface area contributed by atoms with Crippen molar-refractivity contribution in [1.29, 1.82) is 0 Å². The summed E-state index contributed by atoms with van der Waals surface area (Å²) in [5.74, 6) is 0. The number of nitrogens with zero attached hydrogens (tertiary/aromatic N) is 4. The van der Waals surface area contributed by atoms with Crippen molar-refractivity contribution in [2.75, 3.05) is 0 Å². The van der Waals surface area contributed by atoms with Crippen molar-refractivity contribution in [2.24, 2.45) is 7.05 Å². The van der Waals surface area contributed by atoms with Gasteiger partial charge in [0.25, 0.3) is 0 Å². The van der Waals surface area contributed by atoms with E-state index in [4.69, 9.17) is 0 Å². The average molecular weight is 213 g/mol. The molecule has 4 nitrogen and oxygen atoms in total. The second kappa shape index (κ2) is 2.27. The summed E-state index contributed by atoms with van der Waals surface area (Å²) in [6.07, 6.45) is 3.45. The molecule has 0 N–H and O–H groups in total. The van der Waals surface area contributed by atoms with Crippen molar-refractivity contribution in [3.8, 4) is 0 Å². The van der Waals surface area contributed by atoms with Gasteiger partial charge < -0.3 is 0 Å². The number of aromatic nitrogens is 4. The maximum Gasteiger partial charge on any atom is 0.197 e. The summed E-state index contributed by atoms with van der Waals surface area (Å²) in [4.78, 5) is 8.10. The lowest BCUT2D eigenvalue weighted by molar-refractivity contribution is 0.795. The van der Waals surface area contributed by atoms with E-state index in [2.05, 4.69) is 31.0 Å². The number of halogens is 1. The van der Waals surface area contributed by atoms with E-state index in [-0.39, 0.29) is 0 Å². The van der Waals surface area contributed by atoms with Crippen molar-refractivity contribution in [1.82, 2.24) is 19.7 Å². The van der Waals surface area contributed by atoms with Gasteiger partial charge in [0.1, 0.15) is 11.0 Å². The first kappa shape index (κ1) is 6.72. The van der Waals surface area contributed by atoms with E-state index in [9.17, 15) is 0 Å². The minimum atomic E-state index is 0.595. The van der Waals surface area contributed by atoms with Crippen molar-refractivity contribution in [3.05, 3.63) is 17.1 Å². The van der Waals surface area contributed by atoms with Crippen LogP contribution in [0.25, 0.3) is 11.0 Å². The summed E-state index contributed by atoms with van der Waals surface area (Å²) in [6.45, 7) is 0. The Kier molecular flexibility index (Phi) is 1.38. The van der Waals surface area contributed by atoms with Gasteiger partial charge in [-0.05, 0) is 15.9 Å². The van der Waals surface area contributed by atoms with E-state index in [1.165, 1.54) is 0 Å². The lowest BCUT2D eigenvalue weighted by atomic mass is 10.5.